The third-order valence-corrected chi connectivity index (χ3v) is 5.56. The Bertz CT molecular complexity index is 1300. The van der Waals surface area contributed by atoms with E-state index >= 15 is 0 Å². The number of rotatable bonds is 7. The number of benzene rings is 1. The minimum Gasteiger partial charge on any atom is -0.410 e. The summed E-state index contributed by atoms with van der Waals surface area (Å²) in [5.41, 5.74) is -0.00239. The van der Waals surface area contributed by atoms with Gasteiger partial charge in [-0.1, -0.05) is 6.07 Å². The van der Waals surface area contributed by atoms with Crippen molar-refractivity contribution < 1.29 is 27.1 Å². The highest BCUT2D eigenvalue weighted by Gasteiger charge is 2.45. The predicted molar refractivity (Wildman–Crippen MR) is 112 cm³/mol. The maximum atomic E-state index is 14.3. The first-order chi connectivity index (χ1) is 16.0. The molecule has 1 N–H and O–H groups in total. The van der Waals surface area contributed by atoms with Crippen molar-refractivity contribution >= 4 is 5.91 Å². The molecule has 1 atom stereocenters. The van der Waals surface area contributed by atoms with Gasteiger partial charge in [-0.2, -0.15) is 19.1 Å². The molecule has 3 aromatic rings. The summed E-state index contributed by atoms with van der Waals surface area (Å²) in [5.74, 6) is -1.60. The number of nitrogens with one attached hydrogen (secondary N) is 1. The zero-order chi connectivity index (χ0) is 24.8. The third-order valence-electron chi connectivity index (χ3n) is 5.56. The van der Waals surface area contributed by atoms with E-state index in [4.69, 9.17) is 5.26 Å². The van der Waals surface area contributed by atoms with E-state index in [1.807, 2.05) is 6.07 Å². The normalized spacial score (nSPS) is 15.5. The molecular weight excluding hydrogens is 456 g/mol. The summed E-state index contributed by atoms with van der Waals surface area (Å²) in [6.07, 6.45) is -2.60. The molecular formula is C22H20F4N6O2. The van der Waals surface area contributed by atoms with Gasteiger partial charge in [0.15, 0.2) is 5.82 Å². The van der Waals surface area contributed by atoms with Crippen LogP contribution in [0.3, 0.4) is 0 Å². The van der Waals surface area contributed by atoms with Crippen LogP contribution in [0.4, 0.5) is 17.6 Å². The molecule has 12 heteroatoms. The Balaban J connectivity index is 1.62. The summed E-state index contributed by atoms with van der Waals surface area (Å²) in [6, 6.07) is 5.95. The Hall–Kier alpha value is -3.88. The SMILES string of the molecule is Cc1c(OC(F)(F)C(C)F)nn(C)c1-n1cc(-c2ccc(F)c(C(=O)NC3(C#N)CC3)c2)cn1. The van der Waals surface area contributed by atoms with Gasteiger partial charge in [-0.3, -0.25) is 4.79 Å². The average molecular weight is 476 g/mol. The van der Waals surface area contributed by atoms with Gasteiger partial charge in [0.25, 0.3) is 5.91 Å². The summed E-state index contributed by atoms with van der Waals surface area (Å²) in [5, 5.41) is 19.8. The van der Waals surface area contributed by atoms with Crippen LogP contribution >= 0.6 is 0 Å². The molecule has 1 fully saturated rings. The number of nitriles is 1. The van der Waals surface area contributed by atoms with Gasteiger partial charge in [-0.25, -0.2) is 18.1 Å². The molecule has 1 aliphatic carbocycles. The van der Waals surface area contributed by atoms with Gasteiger partial charge in [0.1, 0.15) is 11.4 Å². The maximum Gasteiger partial charge on any atom is 0.430 e. The van der Waals surface area contributed by atoms with Crippen LogP contribution in [-0.2, 0) is 7.05 Å². The van der Waals surface area contributed by atoms with Gasteiger partial charge in [0.2, 0.25) is 12.1 Å². The molecule has 8 nitrogen and oxygen atoms in total. The molecule has 34 heavy (non-hydrogen) atoms. The quantitative estimate of drug-likeness (QED) is 0.523. The fourth-order valence-corrected chi connectivity index (χ4v) is 3.37. The molecule has 4 rings (SSSR count). The molecule has 0 aliphatic heterocycles. The second-order valence-electron chi connectivity index (χ2n) is 8.17. The number of aromatic nitrogens is 4. The van der Waals surface area contributed by atoms with Crippen LogP contribution in [0.2, 0.25) is 0 Å². The molecule has 1 saturated carbocycles. The highest BCUT2D eigenvalue weighted by atomic mass is 19.3. The summed E-state index contributed by atoms with van der Waals surface area (Å²) in [4.78, 5) is 12.5. The molecule has 0 radical (unpaired) electrons. The van der Waals surface area contributed by atoms with Crippen molar-refractivity contribution in [1.82, 2.24) is 24.9 Å². The number of hydrogen-bond acceptors (Lipinski definition) is 5. The summed E-state index contributed by atoms with van der Waals surface area (Å²) < 4.78 is 62.0. The first-order valence-corrected chi connectivity index (χ1v) is 10.3. The third kappa shape index (κ3) is 4.21. The molecule has 0 saturated heterocycles. The molecule has 178 valence electrons. The van der Waals surface area contributed by atoms with Crippen molar-refractivity contribution in [3.8, 4) is 28.9 Å². The number of halogens is 4. The van der Waals surface area contributed by atoms with E-state index in [0.29, 0.717) is 30.9 Å². The molecule has 2 aromatic heterocycles. The Labute approximate surface area is 191 Å². The van der Waals surface area contributed by atoms with Crippen molar-refractivity contribution in [2.75, 3.05) is 0 Å². The van der Waals surface area contributed by atoms with Gasteiger partial charge in [0, 0.05) is 18.8 Å². The summed E-state index contributed by atoms with van der Waals surface area (Å²) in [6.45, 7) is 2.15. The average Bonchev–Trinajstić information content (AvgIpc) is 3.28. The van der Waals surface area contributed by atoms with Crippen LogP contribution in [0, 0.1) is 24.1 Å². The number of carbonyl (C=O) groups excluding carboxylic acids is 1. The number of nitrogens with zero attached hydrogens (tertiary/aromatic N) is 5. The smallest absolute Gasteiger partial charge is 0.410 e. The molecule has 0 bridgehead atoms. The molecule has 0 spiro atoms. The highest BCUT2D eigenvalue weighted by Crippen LogP contribution is 2.35. The van der Waals surface area contributed by atoms with E-state index in [0.717, 1.165) is 6.07 Å². The number of hydrogen-bond donors (Lipinski definition) is 1. The van der Waals surface area contributed by atoms with Crippen molar-refractivity contribution in [3.05, 3.63) is 47.5 Å². The van der Waals surface area contributed by atoms with Gasteiger partial charge in [0.05, 0.1) is 23.4 Å². The van der Waals surface area contributed by atoms with E-state index in [1.54, 1.807) is 0 Å². The van der Waals surface area contributed by atoms with E-state index < -0.39 is 35.4 Å². The van der Waals surface area contributed by atoms with Crippen LogP contribution in [0.1, 0.15) is 35.7 Å². The van der Waals surface area contributed by atoms with Gasteiger partial charge < -0.3 is 10.1 Å². The maximum absolute atomic E-state index is 14.3. The highest BCUT2D eigenvalue weighted by molar-refractivity contribution is 5.96. The van der Waals surface area contributed by atoms with Crippen LogP contribution in [-0.4, -0.2) is 43.3 Å². The Morgan fingerprint density at radius 3 is 2.68 bits per heavy atom. The topological polar surface area (TPSA) is 97.8 Å². The number of ether oxygens (including phenoxy) is 1. The van der Waals surface area contributed by atoms with Crippen molar-refractivity contribution in [1.29, 1.82) is 5.26 Å². The number of amides is 1. The fraction of sp³-hybridized carbons (Fsp3) is 0.364. The largest absolute Gasteiger partial charge is 0.430 e. The summed E-state index contributed by atoms with van der Waals surface area (Å²) >= 11 is 0. The standard InChI is InChI=1S/C22H20F4N6O2/c1-12-19(34-22(25,26)13(2)23)30-31(3)20(12)32-10-15(9-28-32)14-4-5-17(24)16(8-14)18(33)29-21(11-27)6-7-21/h4-5,8-10,13H,6-7H2,1-3H3,(H,29,33). The van der Waals surface area contributed by atoms with E-state index in [9.17, 15) is 22.4 Å². The lowest BCUT2D eigenvalue weighted by Gasteiger charge is -2.17. The van der Waals surface area contributed by atoms with Crippen molar-refractivity contribution in [2.45, 2.75) is 44.5 Å². The zero-order valence-electron chi connectivity index (χ0n) is 18.4. The van der Waals surface area contributed by atoms with Crippen LogP contribution < -0.4 is 10.1 Å². The lowest BCUT2D eigenvalue weighted by molar-refractivity contribution is -0.217. The monoisotopic (exact) mass is 476 g/mol. The minimum atomic E-state index is -4.05. The Kier molecular flexibility index (Phi) is 5.59. The number of alkyl halides is 3. The first kappa shape index (κ1) is 23.3. The van der Waals surface area contributed by atoms with Gasteiger partial charge >= 0.3 is 6.11 Å². The lowest BCUT2D eigenvalue weighted by atomic mass is 10.0. The summed E-state index contributed by atoms with van der Waals surface area (Å²) in [7, 11) is 1.48. The zero-order valence-corrected chi connectivity index (χ0v) is 18.4. The minimum absolute atomic E-state index is 0.197. The predicted octanol–water partition coefficient (Wildman–Crippen LogP) is 3.84. The van der Waals surface area contributed by atoms with E-state index in [-0.39, 0.29) is 16.9 Å². The van der Waals surface area contributed by atoms with Crippen LogP contribution in [0.15, 0.2) is 30.6 Å². The first-order valence-electron chi connectivity index (χ1n) is 10.3. The lowest BCUT2D eigenvalue weighted by Crippen LogP contribution is -2.36. The van der Waals surface area contributed by atoms with Crippen molar-refractivity contribution in [2.24, 2.45) is 7.05 Å². The van der Waals surface area contributed by atoms with Crippen LogP contribution in [0.25, 0.3) is 16.9 Å². The molecule has 1 unspecified atom stereocenters. The van der Waals surface area contributed by atoms with E-state index in [1.165, 1.54) is 47.9 Å². The number of aryl methyl sites for hydroxylation is 1. The Morgan fingerprint density at radius 2 is 2.06 bits per heavy atom. The fourth-order valence-electron chi connectivity index (χ4n) is 3.37. The second kappa shape index (κ2) is 8.16. The van der Waals surface area contributed by atoms with Gasteiger partial charge in [-0.15, -0.1) is 5.10 Å². The van der Waals surface area contributed by atoms with Crippen LogP contribution in [0.5, 0.6) is 5.88 Å². The van der Waals surface area contributed by atoms with Crippen molar-refractivity contribution in [3.63, 3.8) is 0 Å². The number of carbonyl (C=O) groups is 1. The molecule has 1 amide bonds. The Morgan fingerprint density at radius 1 is 1.35 bits per heavy atom. The van der Waals surface area contributed by atoms with E-state index in [2.05, 4.69) is 20.3 Å². The molecule has 1 aliphatic rings. The second-order valence-corrected chi connectivity index (χ2v) is 8.17. The van der Waals surface area contributed by atoms with Gasteiger partial charge in [-0.05, 0) is 44.4 Å². The molecule has 1 aromatic carbocycles. The molecule has 2 heterocycles.